The molecule has 0 aliphatic carbocycles. The lowest BCUT2D eigenvalue weighted by Gasteiger charge is -2.27. The van der Waals surface area contributed by atoms with Crippen LogP contribution in [-0.2, 0) is 4.79 Å². The fourth-order valence-corrected chi connectivity index (χ4v) is 4.41. The minimum absolute atomic E-state index is 0.251. The summed E-state index contributed by atoms with van der Waals surface area (Å²) >= 11 is 1.37. The number of benzene rings is 2. The van der Waals surface area contributed by atoms with E-state index in [1.54, 1.807) is 24.3 Å². The minimum atomic E-state index is -0.916. The number of anilines is 1. The lowest BCUT2D eigenvalue weighted by atomic mass is 10.0. The fraction of sp³-hybridized carbons (Fsp3) is 0.238. The molecule has 142 valence electrons. The Balaban J connectivity index is 1.63. The van der Waals surface area contributed by atoms with Gasteiger partial charge in [-0.25, -0.2) is 4.98 Å². The van der Waals surface area contributed by atoms with Gasteiger partial charge >= 0.3 is 0 Å². The van der Waals surface area contributed by atoms with Crippen molar-refractivity contribution in [2.75, 3.05) is 5.32 Å². The highest BCUT2D eigenvalue weighted by atomic mass is 32.1. The maximum absolute atomic E-state index is 13.0. The fourth-order valence-electron chi connectivity index (χ4n) is 3.44. The third-order valence-corrected chi connectivity index (χ3v) is 5.71. The molecule has 2 heterocycles. The largest absolute Gasteiger partial charge is 0.300 e. The summed E-state index contributed by atoms with van der Waals surface area (Å²) in [4.78, 5) is 44.1. The lowest BCUT2D eigenvalue weighted by molar-refractivity contribution is -0.121. The highest BCUT2D eigenvalue weighted by Crippen LogP contribution is 2.30. The van der Waals surface area contributed by atoms with Gasteiger partial charge in [0.25, 0.3) is 11.8 Å². The van der Waals surface area contributed by atoms with Gasteiger partial charge < -0.3 is 5.32 Å². The average Bonchev–Trinajstić information content (AvgIpc) is 3.15. The van der Waals surface area contributed by atoms with Crippen LogP contribution in [-0.4, -0.2) is 33.6 Å². The van der Waals surface area contributed by atoms with Crippen LogP contribution in [0.4, 0.5) is 5.13 Å². The Morgan fingerprint density at radius 2 is 1.71 bits per heavy atom. The van der Waals surface area contributed by atoms with Crippen LogP contribution in [0.5, 0.6) is 0 Å². The smallest absolute Gasteiger partial charge is 0.262 e. The molecule has 2 aromatic carbocycles. The quantitative estimate of drug-likeness (QED) is 0.683. The number of carbonyl (C=O) groups is 3. The van der Waals surface area contributed by atoms with Crippen LogP contribution in [0.25, 0.3) is 10.2 Å². The number of fused-ring (bicyclic) bond motifs is 2. The summed E-state index contributed by atoms with van der Waals surface area (Å²) in [6.45, 7) is 5.62. The van der Waals surface area contributed by atoms with Crippen molar-refractivity contribution in [2.24, 2.45) is 5.92 Å². The van der Waals surface area contributed by atoms with Crippen LogP contribution in [0.3, 0.4) is 0 Å². The predicted molar refractivity (Wildman–Crippen MR) is 109 cm³/mol. The van der Waals surface area contributed by atoms with E-state index >= 15 is 0 Å². The zero-order valence-electron chi connectivity index (χ0n) is 15.7. The number of imide groups is 1. The van der Waals surface area contributed by atoms with Gasteiger partial charge in [-0.3, -0.25) is 19.3 Å². The Bertz CT molecular complexity index is 1080. The van der Waals surface area contributed by atoms with Crippen LogP contribution < -0.4 is 5.32 Å². The van der Waals surface area contributed by atoms with Crippen LogP contribution >= 0.6 is 11.3 Å². The second-order valence-corrected chi connectivity index (χ2v) is 8.22. The molecule has 0 radical (unpaired) electrons. The summed E-state index contributed by atoms with van der Waals surface area (Å²) in [5.41, 5.74) is 2.58. The van der Waals surface area contributed by atoms with E-state index in [1.165, 1.54) is 11.3 Å². The van der Waals surface area contributed by atoms with Crippen LogP contribution in [0.1, 0.15) is 40.1 Å². The van der Waals surface area contributed by atoms with E-state index in [9.17, 15) is 14.4 Å². The normalized spacial score (nSPS) is 14.6. The zero-order valence-corrected chi connectivity index (χ0v) is 16.5. The highest BCUT2D eigenvalue weighted by molar-refractivity contribution is 7.22. The van der Waals surface area contributed by atoms with Crippen molar-refractivity contribution in [1.29, 1.82) is 0 Å². The standard InChI is InChI=1S/C21H19N3O3S/c1-11(2)17(24-19(26)13-6-4-5-7-14(13)20(24)27)18(25)23-21-22-15-9-8-12(3)10-16(15)28-21/h4-11,17H,1-3H3,(H,22,23,25). The Kier molecular flexibility index (Phi) is 4.47. The van der Waals surface area contributed by atoms with Crippen LogP contribution in [0.2, 0.25) is 0 Å². The maximum atomic E-state index is 13.0. The Labute approximate surface area is 166 Å². The molecule has 1 aromatic heterocycles. The number of hydrogen-bond donors (Lipinski definition) is 1. The first-order valence-electron chi connectivity index (χ1n) is 9.02. The summed E-state index contributed by atoms with van der Waals surface area (Å²) in [6.07, 6.45) is 0. The zero-order chi connectivity index (χ0) is 20.0. The highest BCUT2D eigenvalue weighted by Gasteiger charge is 2.44. The molecular formula is C21H19N3O3S. The Morgan fingerprint density at radius 1 is 1.07 bits per heavy atom. The van der Waals surface area contributed by atoms with Crippen molar-refractivity contribution in [3.05, 3.63) is 59.2 Å². The second-order valence-electron chi connectivity index (χ2n) is 7.19. The molecule has 1 aliphatic rings. The van der Waals surface area contributed by atoms with Crippen molar-refractivity contribution in [3.8, 4) is 0 Å². The molecule has 0 bridgehead atoms. The molecule has 4 rings (SSSR count). The SMILES string of the molecule is Cc1ccc2nc(NC(=O)C(C(C)C)N3C(=O)c4ccccc4C3=O)sc2c1. The number of aryl methyl sites for hydroxylation is 1. The van der Waals surface area contributed by atoms with Crippen molar-refractivity contribution in [3.63, 3.8) is 0 Å². The van der Waals surface area contributed by atoms with E-state index in [-0.39, 0.29) is 5.92 Å². The number of hydrogen-bond acceptors (Lipinski definition) is 5. The van der Waals surface area contributed by atoms with Gasteiger partial charge in [-0.2, -0.15) is 0 Å². The number of aromatic nitrogens is 1. The van der Waals surface area contributed by atoms with Gasteiger partial charge in [-0.05, 0) is 42.7 Å². The van der Waals surface area contributed by atoms with Gasteiger partial charge in [0.05, 0.1) is 21.3 Å². The molecule has 1 N–H and O–H groups in total. The number of thiazole rings is 1. The van der Waals surface area contributed by atoms with E-state index in [2.05, 4.69) is 10.3 Å². The molecule has 7 heteroatoms. The number of nitrogens with zero attached hydrogens (tertiary/aromatic N) is 2. The summed E-state index contributed by atoms with van der Waals surface area (Å²) in [5.74, 6) is -1.54. The van der Waals surface area contributed by atoms with Crippen molar-refractivity contribution in [1.82, 2.24) is 9.88 Å². The summed E-state index contributed by atoms with van der Waals surface area (Å²) < 4.78 is 0.970. The number of nitrogens with one attached hydrogen (secondary N) is 1. The van der Waals surface area contributed by atoms with Gasteiger partial charge in [0, 0.05) is 0 Å². The van der Waals surface area contributed by atoms with Crippen molar-refractivity contribution >= 4 is 44.4 Å². The molecule has 1 atom stereocenters. The van der Waals surface area contributed by atoms with E-state index in [0.29, 0.717) is 16.3 Å². The van der Waals surface area contributed by atoms with Gasteiger partial charge in [0.2, 0.25) is 5.91 Å². The van der Waals surface area contributed by atoms with E-state index < -0.39 is 23.8 Å². The molecule has 1 unspecified atom stereocenters. The van der Waals surface area contributed by atoms with Crippen LogP contribution in [0, 0.1) is 12.8 Å². The van der Waals surface area contributed by atoms with Gasteiger partial charge in [0.1, 0.15) is 6.04 Å². The van der Waals surface area contributed by atoms with Gasteiger partial charge in [-0.15, -0.1) is 0 Å². The Hall–Kier alpha value is -3.06. The molecule has 3 amide bonds. The van der Waals surface area contributed by atoms with E-state index in [0.717, 1.165) is 20.7 Å². The summed E-state index contributed by atoms with van der Waals surface area (Å²) in [6, 6.07) is 11.6. The molecular weight excluding hydrogens is 374 g/mol. The third kappa shape index (κ3) is 2.97. The molecule has 0 saturated carbocycles. The summed E-state index contributed by atoms with van der Waals surface area (Å²) in [5, 5.41) is 3.25. The second kappa shape index (κ2) is 6.83. The maximum Gasteiger partial charge on any atom is 0.262 e. The third-order valence-electron chi connectivity index (χ3n) is 4.78. The van der Waals surface area contributed by atoms with E-state index in [1.807, 2.05) is 39.0 Å². The average molecular weight is 393 g/mol. The topological polar surface area (TPSA) is 79.4 Å². The Morgan fingerprint density at radius 3 is 2.32 bits per heavy atom. The van der Waals surface area contributed by atoms with Gasteiger partial charge in [0.15, 0.2) is 5.13 Å². The number of amides is 3. The molecule has 0 spiro atoms. The first kappa shape index (κ1) is 18.3. The molecule has 6 nitrogen and oxygen atoms in total. The van der Waals surface area contributed by atoms with Crippen LogP contribution in [0.15, 0.2) is 42.5 Å². The molecule has 3 aromatic rings. The first-order valence-corrected chi connectivity index (χ1v) is 9.83. The van der Waals surface area contributed by atoms with E-state index in [4.69, 9.17) is 0 Å². The minimum Gasteiger partial charge on any atom is -0.300 e. The molecule has 1 aliphatic heterocycles. The molecule has 0 fully saturated rings. The lowest BCUT2D eigenvalue weighted by Crippen LogP contribution is -2.50. The monoisotopic (exact) mass is 393 g/mol. The predicted octanol–water partition coefficient (Wildman–Crippen LogP) is 3.86. The van der Waals surface area contributed by atoms with Gasteiger partial charge in [-0.1, -0.05) is 43.4 Å². The molecule has 0 saturated heterocycles. The summed E-state index contributed by atoms with van der Waals surface area (Å²) in [7, 11) is 0. The van der Waals surface area contributed by atoms with Crippen molar-refractivity contribution in [2.45, 2.75) is 26.8 Å². The number of carbonyl (C=O) groups excluding carboxylic acids is 3. The first-order chi connectivity index (χ1) is 13.4. The number of rotatable bonds is 4. The molecule has 28 heavy (non-hydrogen) atoms. The van der Waals surface area contributed by atoms with Crippen molar-refractivity contribution < 1.29 is 14.4 Å².